The third-order valence-electron chi connectivity index (χ3n) is 13.4. The fraction of sp³-hybridized carbons (Fsp3) is 0.169. The largest absolute Gasteiger partial charge is 0.456 e. The second kappa shape index (κ2) is 19.1. The zero-order valence-electron chi connectivity index (χ0n) is 39.5. The number of allylic oxidation sites excluding steroid dienone is 6. The van der Waals surface area contributed by atoms with Gasteiger partial charge in [-0.15, -0.1) is 0 Å². The molecule has 1 nitrogen and oxygen atoms in total. The van der Waals surface area contributed by atoms with Gasteiger partial charge in [-0.05, 0) is 136 Å². The van der Waals surface area contributed by atoms with Crippen molar-refractivity contribution in [3.8, 4) is 33.4 Å². The minimum atomic E-state index is 0.0500. The number of fused-ring (bicyclic) bond motifs is 6. The van der Waals surface area contributed by atoms with Crippen LogP contribution in [-0.4, -0.2) is 0 Å². The Labute approximate surface area is 392 Å². The molecule has 0 radical (unpaired) electrons. The minimum Gasteiger partial charge on any atom is -0.456 e. The third kappa shape index (κ3) is 9.31. The first-order chi connectivity index (χ1) is 32.0. The highest BCUT2D eigenvalue weighted by atomic mass is 16.3. The monoisotopic (exact) mass is 856 g/mol. The smallest absolute Gasteiger partial charge is 0.135 e. The Morgan fingerprint density at radius 2 is 1.08 bits per heavy atom. The molecule has 66 heavy (non-hydrogen) atoms. The molecule has 326 valence electrons. The molecule has 1 aromatic heterocycles. The minimum absolute atomic E-state index is 0.0500. The molecule has 0 N–H and O–H groups in total. The summed E-state index contributed by atoms with van der Waals surface area (Å²) in [5.74, 6) is 0.407. The molecular weight excluding hydrogens is 797 g/mol. The lowest BCUT2D eigenvalue weighted by Gasteiger charge is -2.21. The molecule has 0 spiro atoms. The first-order valence-corrected chi connectivity index (χ1v) is 23.6. The summed E-state index contributed by atoms with van der Waals surface area (Å²) < 4.78 is 5.86. The molecule has 1 heteroatoms. The molecule has 0 bridgehead atoms. The molecule has 11 rings (SSSR count). The number of aryl methyl sites for hydroxylation is 3. The standard InChI is InChI=1S/C33H34.C19H14O.C13H12/c1-6-10-24-11-9-12-25(19-24)27-17-22(2)23(3)18-28(20-27)26-15-16-32-30(21-26)29-13-7-8-14-31(29)33(32,4)5;1-13-6-8-14(9-7-13)15-10-11-19-17(12-15)16-4-2-3-5-18(16)20-19;1-11-6-5-9-13(10-11)12-7-3-2-4-8-12/h7-9,11-21,23H,6,10H2,1-5H3;2-12H,1H3;2-10H,1H3. The summed E-state index contributed by atoms with van der Waals surface area (Å²) in [7, 11) is 0. The first kappa shape index (κ1) is 44.0. The molecule has 1 atom stereocenters. The fourth-order valence-electron chi connectivity index (χ4n) is 9.58. The average Bonchev–Trinajstić information content (AvgIpc) is 3.77. The van der Waals surface area contributed by atoms with Crippen LogP contribution in [0.15, 0.2) is 216 Å². The molecule has 0 fully saturated rings. The Kier molecular flexibility index (Phi) is 12.7. The van der Waals surface area contributed by atoms with E-state index in [2.05, 4.69) is 237 Å². The van der Waals surface area contributed by atoms with E-state index in [4.69, 9.17) is 4.42 Å². The average molecular weight is 857 g/mol. The number of para-hydroxylation sites is 1. The Bertz CT molecular complexity index is 3260. The zero-order chi connectivity index (χ0) is 45.8. The zero-order valence-corrected chi connectivity index (χ0v) is 39.5. The summed E-state index contributed by atoms with van der Waals surface area (Å²) in [6, 6.07) is 67.3. The van der Waals surface area contributed by atoms with Gasteiger partial charge in [-0.1, -0.05) is 227 Å². The van der Waals surface area contributed by atoms with Crippen LogP contribution in [0, 0.1) is 19.8 Å². The highest BCUT2D eigenvalue weighted by Gasteiger charge is 2.35. The molecule has 2 aliphatic rings. The van der Waals surface area contributed by atoms with E-state index in [-0.39, 0.29) is 5.41 Å². The van der Waals surface area contributed by atoms with Crippen molar-refractivity contribution in [2.75, 3.05) is 0 Å². The van der Waals surface area contributed by atoms with Gasteiger partial charge in [0.05, 0.1) is 0 Å². The summed E-state index contributed by atoms with van der Waals surface area (Å²) in [6.45, 7) is 15.7. The predicted octanol–water partition coefficient (Wildman–Crippen LogP) is 18.2. The lowest BCUT2D eigenvalue weighted by Crippen LogP contribution is -2.14. The lowest BCUT2D eigenvalue weighted by molar-refractivity contribution is 0.660. The molecule has 9 aromatic rings. The van der Waals surface area contributed by atoms with E-state index in [1.165, 1.54) is 106 Å². The highest BCUT2D eigenvalue weighted by Crippen LogP contribution is 2.49. The maximum Gasteiger partial charge on any atom is 0.135 e. The van der Waals surface area contributed by atoms with Gasteiger partial charge < -0.3 is 4.42 Å². The van der Waals surface area contributed by atoms with Gasteiger partial charge in [0.1, 0.15) is 11.2 Å². The van der Waals surface area contributed by atoms with Crippen LogP contribution >= 0.6 is 0 Å². The van der Waals surface area contributed by atoms with Gasteiger partial charge in [0.15, 0.2) is 0 Å². The van der Waals surface area contributed by atoms with Crippen LogP contribution in [0.25, 0.3) is 66.5 Å². The predicted molar refractivity (Wildman–Crippen MR) is 284 cm³/mol. The van der Waals surface area contributed by atoms with Gasteiger partial charge in [0, 0.05) is 16.2 Å². The summed E-state index contributed by atoms with van der Waals surface area (Å²) in [6.07, 6.45) is 9.51. The van der Waals surface area contributed by atoms with Crippen molar-refractivity contribution in [1.29, 1.82) is 0 Å². The van der Waals surface area contributed by atoms with Crippen molar-refractivity contribution in [2.45, 2.75) is 66.7 Å². The van der Waals surface area contributed by atoms with Crippen LogP contribution in [-0.2, 0) is 11.8 Å². The number of benzene rings is 8. The van der Waals surface area contributed by atoms with Crippen molar-refractivity contribution >= 4 is 33.1 Å². The second-order valence-electron chi connectivity index (χ2n) is 18.7. The number of rotatable bonds is 6. The van der Waals surface area contributed by atoms with Gasteiger partial charge in [-0.25, -0.2) is 0 Å². The second-order valence-corrected chi connectivity index (χ2v) is 18.7. The summed E-state index contributed by atoms with van der Waals surface area (Å²) in [5, 5.41) is 2.36. The topological polar surface area (TPSA) is 13.1 Å². The molecule has 0 saturated carbocycles. The Morgan fingerprint density at radius 1 is 0.455 bits per heavy atom. The van der Waals surface area contributed by atoms with Gasteiger partial charge in [-0.3, -0.25) is 0 Å². The molecule has 2 aliphatic carbocycles. The summed E-state index contributed by atoms with van der Waals surface area (Å²) in [5.41, 5.74) is 23.3. The van der Waals surface area contributed by atoms with E-state index in [1.807, 2.05) is 18.2 Å². The molecule has 1 unspecified atom stereocenters. The van der Waals surface area contributed by atoms with E-state index < -0.39 is 0 Å². The van der Waals surface area contributed by atoms with Crippen molar-refractivity contribution in [1.82, 2.24) is 0 Å². The molecular formula is C65H60O. The maximum atomic E-state index is 5.86. The highest BCUT2D eigenvalue weighted by molar-refractivity contribution is 6.06. The number of hydrogen-bond donors (Lipinski definition) is 0. The Morgan fingerprint density at radius 3 is 1.88 bits per heavy atom. The van der Waals surface area contributed by atoms with Gasteiger partial charge in [0.25, 0.3) is 0 Å². The maximum absolute atomic E-state index is 5.86. The SMILES string of the molecule is CCCc1cccc(C2=CC(c3ccc4c(c3)-c3ccccc3C4(C)C)=CC(C)C(C)=C2)c1.Cc1ccc(-c2ccc3oc4ccccc4c3c2)cc1.Cc1cccc(-c2ccccc2)c1. The quantitative estimate of drug-likeness (QED) is 0.162. The van der Waals surface area contributed by atoms with Crippen LogP contribution in [0.2, 0.25) is 0 Å². The lowest BCUT2D eigenvalue weighted by atomic mass is 9.82. The van der Waals surface area contributed by atoms with E-state index in [9.17, 15) is 0 Å². The molecule has 8 aromatic carbocycles. The molecule has 1 heterocycles. The van der Waals surface area contributed by atoms with E-state index in [0.29, 0.717) is 5.92 Å². The van der Waals surface area contributed by atoms with Crippen LogP contribution in [0.4, 0.5) is 0 Å². The van der Waals surface area contributed by atoms with E-state index >= 15 is 0 Å². The Hall–Kier alpha value is -7.22. The van der Waals surface area contributed by atoms with Gasteiger partial charge in [0.2, 0.25) is 0 Å². The normalized spacial score (nSPS) is 14.7. The van der Waals surface area contributed by atoms with Crippen molar-refractivity contribution < 1.29 is 4.42 Å². The number of furan rings is 1. The summed E-state index contributed by atoms with van der Waals surface area (Å²) >= 11 is 0. The Balaban J connectivity index is 0.000000140. The van der Waals surface area contributed by atoms with Gasteiger partial charge >= 0.3 is 0 Å². The summed E-state index contributed by atoms with van der Waals surface area (Å²) in [4.78, 5) is 0. The fourth-order valence-corrected chi connectivity index (χ4v) is 9.58. The first-order valence-electron chi connectivity index (χ1n) is 23.6. The third-order valence-corrected chi connectivity index (χ3v) is 13.4. The van der Waals surface area contributed by atoms with Crippen molar-refractivity contribution in [3.05, 3.63) is 251 Å². The molecule has 0 saturated heterocycles. The van der Waals surface area contributed by atoms with Crippen molar-refractivity contribution in [2.24, 2.45) is 5.92 Å². The van der Waals surface area contributed by atoms with Crippen LogP contribution < -0.4 is 0 Å². The van der Waals surface area contributed by atoms with E-state index in [0.717, 1.165) is 17.6 Å². The molecule has 0 aliphatic heterocycles. The molecule has 0 amide bonds. The van der Waals surface area contributed by atoms with Gasteiger partial charge in [-0.2, -0.15) is 0 Å². The number of hydrogen-bond acceptors (Lipinski definition) is 1. The van der Waals surface area contributed by atoms with Crippen LogP contribution in [0.1, 0.15) is 80.0 Å². The van der Waals surface area contributed by atoms with Crippen LogP contribution in [0.5, 0.6) is 0 Å². The van der Waals surface area contributed by atoms with Crippen molar-refractivity contribution in [3.63, 3.8) is 0 Å². The van der Waals surface area contributed by atoms with E-state index in [1.54, 1.807) is 0 Å². The van der Waals surface area contributed by atoms with Crippen LogP contribution in [0.3, 0.4) is 0 Å².